The zero-order valence-corrected chi connectivity index (χ0v) is 20.7. The Morgan fingerprint density at radius 1 is 1.05 bits per heavy atom. The number of benzene rings is 1. The number of thiophene rings is 1. The maximum absolute atomic E-state index is 12.5. The Balaban J connectivity index is 1.70. The number of nitrogens with zero attached hydrogens (tertiary/aromatic N) is 3. The molecule has 37 heavy (non-hydrogen) atoms. The van der Waals surface area contributed by atoms with Crippen LogP contribution in [0.5, 0.6) is 5.75 Å². The van der Waals surface area contributed by atoms with Gasteiger partial charge >= 0.3 is 6.18 Å². The van der Waals surface area contributed by atoms with Crippen molar-refractivity contribution in [2.24, 2.45) is 0 Å². The van der Waals surface area contributed by atoms with Crippen molar-refractivity contribution in [3.05, 3.63) is 58.0 Å². The number of unbranched alkanes of at least 4 members (excludes halogenated alkanes) is 3. The summed E-state index contributed by atoms with van der Waals surface area (Å²) in [7, 11) is 0. The van der Waals surface area contributed by atoms with Crippen molar-refractivity contribution in [2.45, 2.75) is 38.3 Å². The quantitative estimate of drug-likeness (QED) is 0.231. The minimum absolute atomic E-state index is 0.0351. The lowest BCUT2D eigenvalue weighted by Crippen LogP contribution is -2.33. The zero-order chi connectivity index (χ0) is 26.7. The molecule has 0 aliphatic rings. The molecule has 3 aromatic rings. The summed E-state index contributed by atoms with van der Waals surface area (Å²) in [6, 6.07) is 8.00. The molecule has 1 aromatic carbocycles. The number of hydrogen-bond donors (Lipinski definition) is 2. The lowest BCUT2D eigenvalue weighted by molar-refractivity contribution is -0.123. The van der Waals surface area contributed by atoms with Crippen LogP contribution in [0.1, 0.15) is 51.4 Å². The molecule has 0 aliphatic carbocycles. The van der Waals surface area contributed by atoms with Gasteiger partial charge in [0.05, 0.1) is 19.5 Å². The molecular formula is C24H27F4N5O3S. The number of amides is 2. The average Bonchev–Trinajstić information content (AvgIpc) is 3.57. The van der Waals surface area contributed by atoms with Crippen molar-refractivity contribution < 1.29 is 31.9 Å². The Bertz CT molecular complexity index is 1150. The summed E-state index contributed by atoms with van der Waals surface area (Å²) in [6.45, 7) is -1.20. The fourth-order valence-corrected chi connectivity index (χ4v) is 4.01. The van der Waals surface area contributed by atoms with E-state index in [-0.39, 0.29) is 23.6 Å². The van der Waals surface area contributed by atoms with Gasteiger partial charge in [-0.05, 0) is 55.3 Å². The third kappa shape index (κ3) is 9.16. The summed E-state index contributed by atoms with van der Waals surface area (Å²) in [6.07, 6.45) is 0.0171. The molecule has 0 unspecified atom stereocenters. The van der Waals surface area contributed by atoms with Crippen LogP contribution < -0.4 is 15.4 Å². The second-order valence-corrected chi connectivity index (χ2v) is 9.10. The second kappa shape index (κ2) is 13.7. The van der Waals surface area contributed by atoms with Crippen molar-refractivity contribution in [1.29, 1.82) is 0 Å². The number of hydrogen-bond acceptors (Lipinski definition) is 6. The summed E-state index contributed by atoms with van der Waals surface area (Å²) < 4.78 is 56.8. The molecule has 2 heterocycles. The van der Waals surface area contributed by atoms with Crippen LogP contribution in [0.2, 0.25) is 0 Å². The van der Waals surface area contributed by atoms with Crippen LogP contribution in [-0.2, 0) is 6.42 Å². The van der Waals surface area contributed by atoms with E-state index in [1.54, 1.807) is 11.3 Å². The van der Waals surface area contributed by atoms with Crippen molar-refractivity contribution in [1.82, 2.24) is 25.6 Å². The van der Waals surface area contributed by atoms with Gasteiger partial charge < -0.3 is 15.4 Å². The molecule has 200 valence electrons. The highest BCUT2D eigenvalue weighted by molar-refractivity contribution is 7.09. The molecule has 0 bridgehead atoms. The molecule has 0 spiro atoms. The van der Waals surface area contributed by atoms with Gasteiger partial charge in [0.25, 0.3) is 11.8 Å². The van der Waals surface area contributed by atoms with Gasteiger partial charge in [-0.1, -0.05) is 17.7 Å². The predicted octanol–water partition coefficient (Wildman–Crippen LogP) is 4.50. The number of aromatic nitrogens is 3. The Morgan fingerprint density at radius 3 is 2.59 bits per heavy atom. The minimum Gasteiger partial charge on any atom is -0.491 e. The largest absolute Gasteiger partial charge is 0.491 e. The summed E-state index contributed by atoms with van der Waals surface area (Å²) >= 11 is 1.59. The molecule has 0 atom stereocenters. The number of halogens is 4. The van der Waals surface area contributed by atoms with E-state index in [1.807, 2.05) is 22.8 Å². The Hall–Kier alpha value is -3.48. The highest BCUT2D eigenvalue weighted by Gasteiger charge is 2.28. The highest BCUT2D eigenvalue weighted by atomic mass is 32.1. The van der Waals surface area contributed by atoms with Crippen molar-refractivity contribution in [3.63, 3.8) is 0 Å². The van der Waals surface area contributed by atoms with Crippen LogP contribution >= 0.6 is 11.3 Å². The monoisotopic (exact) mass is 541 g/mol. The van der Waals surface area contributed by atoms with E-state index in [2.05, 4.69) is 15.6 Å². The van der Waals surface area contributed by atoms with E-state index >= 15 is 0 Å². The predicted molar refractivity (Wildman–Crippen MR) is 130 cm³/mol. The fourth-order valence-electron chi connectivity index (χ4n) is 3.31. The molecule has 2 N–H and O–H groups in total. The standard InChI is InChI=1S/C24H27F4N5O3S/c25-10-3-1-2-4-12-36-21-14-17(22(34)30-16-24(26,27)28)7-8-20(21)33-15-19(31-32-33)23(35)29-11-9-18-6-5-13-37-18/h5-8,13-15H,1-4,9-12,16H2,(H,29,35)(H,30,34). The molecule has 0 saturated heterocycles. The van der Waals surface area contributed by atoms with Gasteiger partial charge in [0.2, 0.25) is 0 Å². The smallest absolute Gasteiger partial charge is 0.405 e. The molecule has 2 amide bonds. The van der Waals surface area contributed by atoms with Crippen LogP contribution in [0.4, 0.5) is 17.6 Å². The van der Waals surface area contributed by atoms with Crippen LogP contribution in [-0.4, -0.2) is 59.4 Å². The number of carbonyl (C=O) groups excluding carboxylic acids is 2. The summed E-state index contributed by atoms with van der Waals surface area (Å²) in [5.41, 5.74) is 0.378. The molecule has 0 fully saturated rings. The second-order valence-electron chi connectivity index (χ2n) is 8.07. The Kier molecular flexibility index (Phi) is 10.4. The van der Waals surface area contributed by atoms with Crippen molar-refractivity contribution >= 4 is 23.2 Å². The first kappa shape index (κ1) is 28.1. The molecule has 3 rings (SSSR count). The van der Waals surface area contributed by atoms with Crippen molar-refractivity contribution in [2.75, 3.05) is 26.4 Å². The number of ether oxygens (including phenoxy) is 1. The van der Waals surface area contributed by atoms with E-state index < -0.39 is 31.2 Å². The van der Waals surface area contributed by atoms with Gasteiger partial charge in [-0.15, -0.1) is 16.4 Å². The number of carbonyl (C=O) groups is 2. The third-order valence-corrected chi connectivity index (χ3v) is 6.10. The minimum atomic E-state index is -4.55. The van der Waals surface area contributed by atoms with Crippen LogP contribution in [0.15, 0.2) is 41.9 Å². The van der Waals surface area contributed by atoms with E-state index in [4.69, 9.17) is 4.74 Å². The first-order valence-corrected chi connectivity index (χ1v) is 12.6. The number of alkyl halides is 4. The molecule has 0 radical (unpaired) electrons. The Morgan fingerprint density at radius 2 is 1.86 bits per heavy atom. The van der Waals surface area contributed by atoms with Crippen LogP contribution in [0.25, 0.3) is 5.69 Å². The van der Waals surface area contributed by atoms with E-state index in [9.17, 15) is 27.2 Å². The molecule has 0 saturated carbocycles. The maximum atomic E-state index is 12.5. The van der Waals surface area contributed by atoms with Crippen LogP contribution in [0.3, 0.4) is 0 Å². The number of rotatable bonds is 14. The fraction of sp³-hybridized carbons (Fsp3) is 0.417. The van der Waals surface area contributed by atoms with Gasteiger partial charge in [0, 0.05) is 17.0 Å². The maximum Gasteiger partial charge on any atom is 0.405 e. The summed E-state index contributed by atoms with van der Waals surface area (Å²) in [4.78, 5) is 25.8. The highest BCUT2D eigenvalue weighted by Crippen LogP contribution is 2.25. The first-order chi connectivity index (χ1) is 17.8. The van der Waals surface area contributed by atoms with E-state index in [0.29, 0.717) is 37.9 Å². The van der Waals surface area contributed by atoms with Gasteiger partial charge in [0.1, 0.15) is 18.0 Å². The summed E-state index contributed by atoms with van der Waals surface area (Å²) in [5, 5.41) is 14.4. The van der Waals surface area contributed by atoms with Crippen LogP contribution in [0, 0.1) is 0 Å². The molecule has 0 aliphatic heterocycles. The zero-order valence-electron chi connectivity index (χ0n) is 19.9. The van der Waals surface area contributed by atoms with Crippen molar-refractivity contribution in [3.8, 4) is 11.4 Å². The molecular weight excluding hydrogens is 514 g/mol. The first-order valence-electron chi connectivity index (χ1n) is 11.7. The van der Waals surface area contributed by atoms with Gasteiger partial charge in [0.15, 0.2) is 5.69 Å². The normalized spacial score (nSPS) is 11.4. The van der Waals surface area contributed by atoms with E-state index in [1.165, 1.54) is 29.1 Å². The molecule has 2 aromatic heterocycles. The SMILES string of the molecule is O=C(NCC(F)(F)F)c1ccc(-n2cc(C(=O)NCCc3cccs3)nn2)c(OCCCCCCF)c1. The Labute approximate surface area is 215 Å². The summed E-state index contributed by atoms with van der Waals surface area (Å²) in [5.74, 6) is -1.15. The lowest BCUT2D eigenvalue weighted by Gasteiger charge is -2.14. The third-order valence-electron chi connectivity index (χ3n) is 5.17. The van der Waals surface area contributed by atoms with Gasteiger partial charge in [-0.2, -0.15) is 13.2 Å². The van der Waals surface area contributed by atoms with Gasteiger partial charge in [-0.3, -0.25) is 14.0 Å². The lowest BCUT2D eigenvalue weighted by atomic mass is 10.1. The topological polar surface area (TPSA) is 98.1 Å². The molecule has 8 nitrogen and oxygen atoms in total. The van der Waals surface area contributed by atoms with Gasteiger partial charge in [-0.25, -0.2) is 4.68 Å². The number of nitrogens with one attached hydrogen (secondary N) is 2. The molecule has 13 heteroatoms. The average molecular weight is 542 g/mol. The van der Waals surface area contributed by atoms with E-state index in [0.717, 1.165) is 11.3 Å².